The summed E-state index contributed by atoms with van der Waals surface area (Å²) in [6, 6.07) is 8.32. The SMILES string of the molecule is PNc1ccccc1N1CCOCC1. The molecule has 0 saturated carbocycles. The number of hydrogen-bond acceptors (Lipinski definition) is 3. The number of ether oxygens (including phenoxy) is 1. The number of anilines is 2. The quantitative estimate of drug-likeness (QED) is 0.752. The van der Waals surface area contributed by atoms with Gasteiger partial charge >= 0.3 is 0 Å². The van der Waals surface area contributed by atoms with Crippen molar-refractivity contribution in [2.75, 3.05) is 36.3 Å². The fourth-order valence-corrected chi connectivity index (χ4v) is 1.92. The molecule has 14 heavy (non-hydrogen) atoms. The van der Waals surface area contributed by atoms with E-state index in [0.29, 0.717) is 0 Å². The second-order valence-electron chi connectivity index (χ2n) is 3.26. The van der Waals surface area contributed by atoms with Gasteiger partial charge in [-0.25, -0.2) is 0 Å². The lowest BCUT2D eigenvalue weighted by atomic mass is 10.2. The summed E-state index contributed by atoms with van der Waals surface area (Å²) >= 11 is 0. The lowest BCUT2D eigenvalue weighted by molar-refractivity contribution is 0.123. The molecule has 76 valence electrons. The predicted octanol–water partition coefficient (Wildman–Crippen LogP) is 1.73. The third-order valence-corrected chi connectivity index (χ3v) is 2.72. The zero-order chi connectivity index (χ0) is 9.80. The summed E-state index contributed by atoms with van der Waals surface area (Å²) in [5, 5.41) is 3.13. The first-order valence-corrected chi connectivity index (χ1v) is 5.38. The lowest BCUT2D eigenvalue weighted by Crippen LogP contribution is -2.36. The molecule has 0 aliphatic carbocycles. The van der Waals surface area contributed by atoms with Gasteiger partial charge in [-0.2, -0.15) is 0 Å². The van der Waals surface area contributed by atoms with E-state index in [1.807, 2.05) is 6.07 Å². The molecule has 3 nitrogen and oxygen atoms in total. The van der Waals surface area contributed by atoms with Crippen LogP contribution in [0, 0.1) is 0 Å². The minimum Gasteiger partial charge on any atom is -0.378 e. The van der Waals surface area contributed by atoms with Gasteiger partial charge in [0.25, 0.3) is 0 Å². The van der Waals surface area contributed by atoms with E-state index < -0.39 is 0 Å². The van der Waals surface area contributed by atoms with E-state index in [1.165, 1.54) is 5.69 Å². The fourth-order valence-electron chi connectivity index (χ4n) is 1.68. The molecular formula is C10H15N2OP. The van der Waals surface area contributed by atoms with E-state index in [1.54, 1.807) is 0 Å². The number of rotatable bonds is 2. The highest BCUT2D eigenvalue weighted by atomic mass is 31.0. The Morgan fingerprint density at radius 2 is 1.93 bits per heavy atom. The van der Waals surface area contributed by atoms with Crippen LogP contribution in [-0.4, -0.2) is 26.3 Å². The van der Waals surface area contributed by atoms with Crippen LogP contribution in [0.25, 0.3) is 0 Å². The number of hydrogen-bond donors (Lipinski definition) is 1. The molecule has 1 aliphatic rings. The van der Waals surface area contributed by atoms with E-state index in [-0.39, 0.29) is 0 Å². The van der Waals surface area contributed by atoms with E-state index in [4.69, 9.17) is 4.74 Å². The van der Waals surface area contributed by atoms with Crippen molar-refractivity contribution in [3.63, 3.8) is 0 Å². The van der Waals surface area contributed by atoms with E-state index in [2.05, 4.69) is 37.6 Å². The van der Waals surface area contributed by atoms with Crippen molar-refractivity contribution < 1.29 is 4.74 Å². The Labute approximate surface area is 86.7 Å². The topological polar surface area (TPSA) is 24.5 Å². The summed E-state index contributed by atoms with van der Waals surface area (Å²) in [5.41, 5.74) is 2.41. The maximum Gasteiger partial charge on any atom is 0.0642 e. The average molecular weight is 210 g/mol. The van der Waals surface area contributed by atoms with Gasteiger partial charge in [-0.05, 0) is 21.5 Å². The van der Waals surface area contributed by atoms with Gasteiger partial charge in [-0.1, -0.05) is 12.1 Å². The van der Waals surface area contributed by atoms with Gasteiger partial charge in [0.2, 0.25) is 0 Å². The zero-order valence-corrected chi connectivity index (χ0v) is 9.23. The van der Waals surface area contributed by atoms with Crippen molar-refractivity contribution >= 4 is 20.8 Å². The van der Waals surface area contributed by atoms with Crippen LogP contribution in [0.1, 0.15) is 0 Å². The molecule has 1 N–H and O–H groups in total. The molecule has 1 aliphatic heterocycles. The van der Waals surface area contributed by atoms with Crippen molar-refractivity contribution in [3.8, 4) is 0 Å². The first-order chi connectivity index (χ1) is 6.92. The Kier molecular flexibility index (Phi) is 3.22. The fraction of sp³-hybridized carbons (Fsp3) is 0.400. The predicted molar refractivity (Wildman–Crippen MR) is 62.8 cm³/mol. The van der Waals surface area contributed by atoms with Crippen LogP contribution >= 0.6 is 9.39 Å². The second kappa shape index (κ2) is 4.63. The molecule has 2 rings (SSSR count). The largest absolute Gasteiger partial charge is 0.378 e. The Balaban J connectivity index is 2.20. The van der Waals surface area contributed by atoms with Crippen LogP contribution in [0.5, 0.6) is 0 Å². The molecule has 1 unspecified atom stereocenters. The third-order valence-electron chi connectivity index (χ3n) is 2.41. The van der Waals surface area contributed by atoms with E-state index in [9.17, 15) is 0 Å². The summed E-state index contributed by atoms with van der Waals surface area (Å²) in [5.74, 6) is 0. The van der Waals surface area contributed by atoms with Crippen molar-refractivity contribution in [3.05, 3.63) is 24.3 Å². The normalized spacial score (nSPS) is 16.8. The molecule has 0 amide bonds. The van der Waals surface area contributed by atoms with Crippen molar-refractivity contribution in [2.45, 2.75) is 0 Å². The molecule has 4 heteroatoms. The van der Waals surface area contributed by atoms with Crippen molar-refractivity contribution in [1.29, 1.82) is 0 Å². The highest BCUT2D eigenvalue weighted by molar-refractivity contribution is 7.18. The molecule has 1 atom stereocenters. The second-order valence-corrected chi connectivity index (χ2v) is 3.55. The lowest BCUT2D eigenvalue weighted by Gasteiger charge is -2.30. The molecule has 1 aromatic rings. The molecule has 1 heterocycles. The number of para-hydroxylation sites is 2. The number of nitrogens with zero attached hydrogens (tertiary/aromatic N) is 1. The molecule has 1 fully saturated rings. The molecule has 1 aromatic carbocycles. The average Bonchev–Trinajstić information content (AvgIpc) is 2.30. The van der Waals surface area contributed by atoms with Gasteiger partial charge in [0.05, 0.1) is 24.6 Å². The molecule has 1 saturated heterocycles. The molecule has 0 bridgehead atoms. The summed E-state index contributed by atoms with van der Waals surface area (Å²) in [4.78, 5) is 2.34. The summed E-state index contributed by atoms with van der Waals surface area (Å²) < 4.78 is 5.33. The summed E-state index contributed by atoms with van der Waals surface area (Å²) in [6.07, 6.45) is 0. The molecular weight excluding hydrogens is 195 g/mol. The van der Waals surface area contributed by atoms with Crippen LogP contribution in [0.4, 0.5) is 11.4 Å². The maximum absolute atomic E-state index is 5.33. The van der Waals surface area contributed by atoms with E-state index >= 15 is 0 Å². The smallest absolute Gasteiger partial charge is 0.0642 e. The van der Waals surface area contributed by atoms with Gasteiger partial charge in [-0.3, -0.25) is 0 Å². The van der Waals surface area contributed by atoms with Gasteiger partial charge < -0.3 is 14.7 Å². The highest BCUT2D eigenvalue weighted by Gasteiger charge is 2.13. The van der Waals surface area contributed by atoms with Crippen molar-refractivity contribution in [2.24, 2.45) is 0 Å². The highest BCUT2D eigenvalue weighted by Crippen LogP contribution is 2.26. The van der Waals surface area contributed by atoms with Crippen LogP contribution in [-0.2, 0) is 4.74 Å². The Hall–Kier alpha value is -0.790. The first-order valence-electron chi connectivity index (χ1n) is 4.80. The maximum atomic E-state index is 5.33. The molecule has 0 spiro atoms. The van der Waals surface area contributed by atoms with Crippen LogP contribution in [0.3, 0.4) is 0 Å². The number of nitrogens with one attached hydrogen (secondary N) is 1. The minimum atomic E-state index is 0.825. The number of benzene rings is 1. The molecule has 0 radical (unpaired) electrons. The molecule has 0 aromatic heterocycles. The van der Waals surface area contributed by atoms with Gasteiger partial charge in [-0.15, -0.1) is 0 Å². The monoisotopic (exact) mass is 210 g/mol. The standard InChI is InChI=1S/C10H15N2OP/c14-11-9-3-1-2-4-10(9)12-5-7-13-8-6-12/h1-4,11H,5-8,14H2. The Morgan fingerprint density at radius 3 is 2.64 bits per heavy atom. The van der Waals surface area contributed by atoms with Gasteiger partial charge in [0.1, 0.15) is 0 Å². The van der Waals surface area contributed by atoms with Crippen LogP contribution < -0.4 is 9.99 Å². The Morgan fingerprint density at radius 1 is 1.21 bits per heavy atom. The Bertz CT molecular complexity index is 300. The van der Waals surface area contributed by atoms with Gasteiger partial charge in [0, 0.05) is 13.1 Å². The van der Waals surface area contributed by atoms with E-state index in [0.717, 1.165) is 32.0 Å². The minimum absolute atomic E-state index is 0.825. The number of morpholine rings is 1. The third kappa shape index (κ3) is 1.99. The summed E-state index contributed by atoms with van der Waals surface area (Å²) in [7, 11) is 2.54. The van der Waals surface area contributed by atoms with Crippen LogP contribution in [0.2, 0.25) is 0 Å². The van der Waals surface area contributed by atoms with Crippen LogP contribution in [0.15, 0.2) is 24.3 Å². The summed E-state index contributed by atoms with van der Waals surface area (Å²) in [6.45, 7) is 3.60. The van der Waals surface area contributed by atoms with Crippen molar-refractivity contribution in [1.82, 2.24) is 0 Å². The first kappa shape index (κ1) is 9.75. The zero-order valence-electron chi connectivity index (χ0n) is 8.07. The van der Waals surface area contributed by atoms with Gasteiger partial charge in [0.15, 0.2) is 0 Å².